The van der Waals surface area contributed by atoms with Gasteiger partial charge >= 0.3 is 6.03 Å². The molecule has 2 heterocycles. The lowest BCUT2D eigenvalue weighted by molar-refractivity contribution is -0.131. The van der Waals surface area contributed by atoms with Gasteiger partial charge in [-0.2, -0.15) is 0 Å². The van der Waals surface area contributed by atoms with Crippen LogP contribution in [-0.2, 0) is 16.9 Å². The normalized spacial score (nSPS) is 18.6. The summed E-state index contributed by atoms with van der Waals surface area (Å²) in [4.78, 5) is 31.0. The zero-order valence-electron chi connectivity index (χ0n) is 16.1. The molecule has 0 radical (unpaired) electrons. The number of para-hydroxylation sites is 1. The third-order valence-corrected chi connectivity index (χ3v) is 5.91. The SMILES string of the molecule is COc1ccccc1-c1nc(CN2C(=O)NC(C)(c3ccc(F)c(F)c3)C2=O)cs1. The van der Waals surface area contributed by atoms with E-state index >= 15 is 0 Å². The average Bonchev–Trinajstić information content (AvgIpc) is 3.29. The predicted molar refractivity (Wildman–Crippen MR) is 107 cm³/mol. The van der Waals surface area contributed by atoms with Crippen LogP contribution in [0.25, 0.3) is 10.6 Å². The number of methoxy groups -OCH3 is 1. The van der Waals surface area contributed by atoms with E-state index in [4.69, 9.17) is 4.74 Å². The van der Waals surface area contributed by atoms with Crippen LogP contribution in [0.2, 0.25) is 0 Å². The molecule has 2 aromatic carbocycles. The molecule has 3 aromatic rings. The summed E-state index contributed by atoms with van der Waals surface area (Å²) in [7, 11) is 1.57. The fourth-order valence-electron chi connectivity index (χ4n) is 3.33. The molecule has 1 unspecified atom stereocenters. The lowest BCUT2D eigenvalue weighted by atomic mass is 9.92. The summed E-state index contributed by atoms with van der Waals surface area (Å²) in [5, 5.41) is 5.03. The van der Waals surface area contributed by atoms with E-state index < -0.39 is 29.1 Å². The molecule has 154 valence electrons. The third-order valence-electron chi connectivity index (χ3n) is 4.98. The van der Waals surface area contributed by atoms with E-state index in [2.05, 4.69) is 10.3 Å². The second kappa shape index (κ2) is 7.49. The average molecular weight is 429 g/mol. The van der Waals surface area contributed by atoms with Crippen molar-refractivity contribution < 1.29 is 23.1 Å². The number of rotatable bonds is 5. The Hall–Kier alpha value is -3.33. The van der Waals surface area contributed by atoms with Crippen LogP contribution >= 0.6 is 11.3 Å². The maximum atomic E-state index is 13.7. The molecular formula is C21H17F2N3O3S. The first kappa shape index (κ1) is 20.0. The molecule has 3 amide bonds. The van der Waals surface area contributed by atoms with E-state index in [1.807, 2.05) is 24.3 Å². The molecule has 0 spiro atoms. The predicted octanol–water partition coefficient (Wildman–Crippen LogP) is 4.06. The van der Waals surface area contributed by atoms with Gasteiger partial charge in [0.05, 0.1) is 24.9 Å². The van der Waals surface area contributed by atoms with Crippen molar-refractivity contribution in [1.29, 1.82) is 0 Å². The van der Waals surface area contributed by atoms with Crippen molar-refractivity contribution in [3.8, 4) is 16.3 Å². The monoisotopic (exact) mass is 429 g/mol. The number of amides is 3. The highest BCUT2D eigenvalue weighted by molar-refractivity contribution is 7.13. The zero-order chi connectivity index (χ0) is 21.5. The van der Waals surface area contributed by atoms with E-state index in [1.165, 1.54) is 24.3 Å². The maximum Gasteiger partial charge on any atom is 0.325 e. The molecule has 1 fully saturated rings. The molecule has 0 saturated carbocycles. The Morgan fingerprint density at radius 1 is 1.17 bits per heavy atom. The minimum absolute atomic E-state index is 0.0460. The standard InChI is InChI=1S/C21H17F2N3O3S/c1-21(12-7-8-15(22)16(23)9-12)19(27)26(20(28)25-21)10-13-11-30-18(24-13)14-5-3-4-6-17(14)29-2/h3-9,11H,10H2,1-2H3,(H,25,28). The van der Waals surface area contributed by atoms with Crippen molar-refractivity contribution in [3.05, 3.63) is 70.7 Å². The molecule has 9 heteroatoms. The Morgan fingerprint density at radius 2 is 1.93 bits per heavy atom. The van der Waals surface area contributed by atoms with Crippen LogP contribution in [0, 0.1) is 11.6 Å². The van der Waals surface area contributed by atoms with Crippen molar-refractivity contribution in [3.63, 3.8) is 0 Å². The van der Waals surface area contributed by atoms with Gasteiger partial charge in [-0.15, -0.1) is 11.3 Å². The number of hydrogen-bond acceptors (Lipinski definition) is 5. The van der Waals surface area contributed by atoms with Gasteiger partial charge in [0.2, 0.25) is 0 Å². The smallest absolute Gasteiger partial charge is 0.325 e. The van der Waals surface area contributed by atoms with Crippen LogP contribution in [0.5, 0.6) is 5.75 Å². The molecule has 0 bridgehead atoms. The van der Waals surface area contributed by atoms with Crippen molar-refractivity contribution in [2.75, 3.05) is 7.11 Å². The maximum absolute atomic E-state index is 13.7. The summed E-state index contributed by atoms with van der Waals surface area (Å²) in [6.07, 6.45) is 0. The van der Waals surface area contributed by atoms with Gasteiger partial charge in [-0.1, -0.05) is 18.2 Å². The molecule has 4 rings (SSSR count). The number of carbonyl (C=O) groups is 2. The molecule has 1 aliphatic heterocycles. The van der Waals surface area contributed by atoms with Gasteiger partial charge in [0, 0.05) is 5.38 Å². The minimum Gasteiger partial charge on any atom is -0.496 e. The number of aromatic nitrogens is 1. The molecule has 1 aliphatic rings. The Kier molecular flexibility index (Phi) is 4.98. The fourth-order valence-corrected chi connectivity index (χ4v) is 4.17. The van der Waals surface area contributed by atoms with E-state index in [0.717, 1.165) is 22.6 Å². The Morgan fingerprint density at radius 3 is 2.67 bits per heavy atom. The van der Waals surface area contributed by atoms with Gasteiger partial charge in [0.25, 0.3) is 5.91 Å². The van der Waals surface area contributed by atoms with E-state index in [1.54, 1.807) is 12.5 Å². The second-order valence-electron chi connectivity index (χ2n) is 6.92. The Bertz CT molecular complexity index is 1150. The number of imide groups is 1. The summed E-state index contributed by atoms with van der Waals surface area (Å²) in [5.41, 5.74) is 0.00175. The topological polar surface area (TPSA) is 71.5 Å². The van der Waals surface area contributed by atoms with E-state index in [0.29, 0.717) is 16.5 Å². The van der Waals surface area contributed by atoms with Gasteiger partial charge in [-0.3, -0.25) is 9.69 Å². The van der Waals surface area contributed by atoms with Gasteiger partial charge in [0.1, 0.15) is 16.3 Å². The number of hydrogen-bond donors (Lipinski definition) is 1. The number of nitrogens with zero attached hydrogens (tertiary/aromatic N) is 2. The number of urea groups is 1. The van der Waals surface area contributed by atoms with Crippen LogP contribution in [0.4, 0.5) is 13.6 Å². The van der Waals surface area contributed by atoms with Gasteiger partial charge in [-0.25, -0.2) is 18.6 Å². The van der Waals surface area contributed by atoms with E-state index in [-0.39, 0.29) is 12.1 Å². The Balaban J connectivity index is 1.59. The van der Waals surface area contributed by atoms with Gasteiger partial charge in [0.15, 0.2) is 11.6 Å². The Labute approximate surface area is 175 Å². The summed E-state index contributed by atoms with van der Waals surface area (Å²) in [5.74, 6) is -2.01. The number of thiazole rings is 1. The number of ether oxygens (including phenoxy) is 1. The van der Waals surface area contributed by atoms with Crippen LogP contribution < -0.4 is 10.1 Å². The highest BCUT2D eigenvalue weighted by Gasteiger charge is 2.49. The molecule has 0 aliphatic carbocycles. The quantitative estimate of drug-likeness (QED) is 0.621. The molecule has 1 N–H and O–H groups in total. The first-order valence-electron chi connectivity index (χ1n) is 9.01. The van der Waals surface area contributed by atoms with Gasteiger partial charge < -0.3 is 10.1 Å². The molecular weight excluding hydrogens is 412 g/mol. The van der Waals surface area contributed by atoms with Crippen molar-refractivity contribution in [1.82, 2.24) is 15.2 Å². The zero-order valence-corrected chi connectivity index (χ0v) is 16.9. The third kappa shape index (κ3) is 3.30. The number of nitrogens with one attached hydrogen (secondary N) is 1. The fraction of sp³-hybridized carbons (Fsp3) is 0.190. The van der Waals surface area contributed by atoms with Crippen LogP contribution in [0.3, 0.4) is 0 Å². The second-order valence-corrected chi connectivity index (χ2v) is 7.78. The lowest BCUT2D eigenvalue weighted by Crippen LogP contribution is -2.41. The number of carbonyl (C=O) groups excluding carboxylic acids is 2. The number of benzene rings is 2. The first-order chi connectivity index (χ1) is 14.3. The largest absolute Gasteiger partial charge is 0.496 e. The van der Waals surface area contributed by atoms with Crippen LogP contribution in [-0.4, -0.2) is 28.9 Å². The molecule has 30 heavy (non-hydrogen) atoms. The molecule has 1 saturated heterocycles. The van der Waals surface area contributed by atoms with E-state index in [9.17, 15) is 18.4 Å². The molecule has 1 aromatic heterocycles. The molecule has 6 nitrogen and oxygen atoms in total. The number of halogens is 2. The lowest BCUT2D eigenvalue weighted by Gasteiger charge is -2.22. The first-order valence-corrected chi connectivity index (χ1v) is 9.89. The van der Waals surface area contributed by atoms with Crippen LogP contribution in [0.1, 0.15) is 18.2 Å². The van der Waals surface area contributed by atoms with Crippen molar-refractivity contribution >= 4 is 23.3 Å². The van der Waals surface area contributed by atoms with Gasteiger partial charge in [-0.05, 0) is 36.8 Å². The van der Waals surface area contributed by atoms with Crippen LogP contribution in [0.15, 0.2) is 47.8 Å². The highest BCUT2D eigenvalue weighted by atomic mass is 32.1. The molecule has 1 atom stereocenters. The summed E-state index contributed by atoms with van der Waals surface area (Å²) in [6, 6.07) is 9.91. The van der Waals surface area contributed by atoms with Crippen molar-refractivity contribution in [2.45, 2.75) is 19.0 Å². The summed E-state index contributed by atoms with van der Waals surface area (Å²) in [6.45, 7) is 1.41. The highest BCUT2D eigenvalue weighted by Crippen LogP contribution is 2.34. The summed E-state index contributed by atoms with van der Waals surface area (Å²) >= 11 is 1.37. The van der Waals surface area contributed by atoms with Crippen molar-refractivity contribution in [2.24, 2.45) is 0 Å². The minimum atomic E-state index is -1.49. The summed E-state index contributed by atoms with van der Waals surface area (Å²) < 4.78 is 32.3.